The van der Waals surface area contributed by atoms with Gasteiger partial charge in [0.2, 0.25) is 0 Å². The minimum atomic E-state index is -0.0656. The number of aliphatic hydroxyl groups excluding tert-OH is 1. The standard InChI is InChI=1S/C11H20O/c1-9(2)7-8-11(12)10-5-3-4-6-10/h10-12H,1,3-8H2,2H3. The van der Waals surface area contributed by atoms with E-state index < -0.39 is 0 Å². The molecule has 12 heavy (non-hydrogen) atoms. The second-order valence-electron chi connectivity index (χ2n) is 4.11. The van der Waals surface area contributed by atoms with Crippen molar-refractivity contribution in [1.29, 1.82) is 0 Å². The molecule has 0 radical (unpaired) electrons. The molecule has 0 bridgehead atoms. The Bertz CT molecular complexity index is 145. The summed E-state index contributed by atoms with van der Waals surface area (Å²) in [6, 6.07) is 0. The van der Waals surface area contributed by atoms with Crippen LogP contribution in [0.25, 0.3) is 0 Å². The molecule has 0 aromatic heterocycles. The van der Waals surface area contributed by atoms with Crippen LogP contribution < -0.4 is 0 Å². The minimum Gasteiger partial charge on any atom is -0.393 e. The fourth-order valence-corrected chi connectivity index (χ4v) is 1.97. The van der Waals surface area contributed by atoms with Gasteiger partial charge in [0.1, 0.15) is 0 Å². The largest absolute Gasteiger partial charge is 0.393 e. The zero-order valence-corrected chi connectivity index (χ0v) is 8.05. The highest BCUT2D eigenvalue weighted by Gasteiger charge is 2.22. The molecule has 1 N–H and O–H groups in total. The molecular formula is C11H20O. The Morgan fingerprint density at radius 3 is 2.58 bits per heavy atom. The quantitative estimate of drug-likeness (QED) is 0.640. The van der Waals surface area contributed by atoms with Crippen molar-refractivity contribution in [2.24, 2.45) is 5.92 Å². The van der Waals surface area contributed by atoms with Crippen LogP contribution in [0.1, 0.15) is 45.4 Å². The van der Waals surface area contributed by atoms with Crippen LogP contribution in [-0.2, 0) is 0 Å². The van der Waals surface area contributed by atoms with Gasteiger partial charge >= 0.3 is 0 Å². The second-order valence-corrected chi connectivity index (χ2v) is 4.11. The second kappa shape index (κ2) is 4.66. The SMILES string of the molecule is C=C(C)CCC(O)C1CCCC1. The monoisotopic (exact) mass is 168 g/mol. The Labute approximate surface area is 75.5 Å². The first-order valence-electron chi connectivity index (χ1n) is 5.02. The number of hydrogen-bond donors (Lipinski definition) is 1. The zero-order valence-electron chi connectivity index (χ0n) is 8.05. The summed E-state index contributed by atoms with van der Waals surface area (Å²) in [6.07, 6.45) is 6.93. The average Bonchev–Trinajstić information content (AvgIpc) is 2.51. The molecule has 1 aliphatic rings. The van der Waals surface area contributed by atoms with E-state index >= 15 is 0 Å². The molecule has 0 heterocycles. The smallest absolute Gasteiger partial charge is 0.0571 e. The van der Waals surface area contributed by atoms with Gasteiger partial charge in [-0.25, -0.2) is 0 Å². The lowest BCUT2D eigenvalue weighted by molar-refractivity contribution is 0.102. The lowest BCUT2D eigenvalue weighted by Crippen LogP contribution is -2.17. The molecule has 1 heteroatoms. The van der Waals surface area contributed by atoms with Gasteiger partial charge in [-0.2, -0.15) is 0 Å². The van der Waals surface area contributed by atoms with Gasteiger partial charge in [0.15, 0.2) is 0 Å². The first kappa shape index (κ1) is 9.79. The zero-order chi connectivity index (χ0) is 8.97. The van der Waals surface area contributed by atoms with Gasteiger partial charge in [0.05, 0.1) is 6.10 Å². The predicted octanol–water partition coefficient (Wildman–Crippen LogP) is 2.89. The number of aliphatic hydroxyl groups is 1. The molecule has 0 aromatic rings. The molecule has 0 aromatic carbocycles. The van der Waals surface area contributed by atoms with Crippen LogP contribution in [0.15, 0.2) is 12.2 Å². The van der Waals surface area contributed by atoms with Crippen molar-refractivity contribution >= 4 is 0 Å². The van der Waals surface area contributed by atoms with Gasteiger partial charge in [-0.3, -0.25) is 0 Å². The van der Waals surface area contributed by atoms with Crippen LogP contribution >= 0.6 is 0 Å². The van der Waals surface area contributed by atoms with E-state index in [1.165, 1.54) is 31.3 Å². The molecular weight excluding hydrogens is 148 g/mol. The van der Waals surface area contributed by atoms with Crippen LogP contribution in [0.3, 0.4) is 0 Å². The number of rotatable bonds is 4. The molecule has 1 nitrogen and oxygen atoms in total. The van der Waals surface area contributed by atoms with E-state index in [0.717, 1.165) is 12.8 Å². The fourth-order valence-electron chi connectivity index (χ4n) is 1.97. The molecule has 1 saturated carbocycles. The maximum absolute atomic E-state index is 9.76. The highest BCUT2D eigenvalue weighted by atomic mass is 16.3. The number of allylic oxidation sites excluding steroid dienone is 1. The Kier molecular flexibility index (Phi) is 3.80. The minimum absolute atomic E-state index is 0.0656. The van der Waals surface area contributed by atoms with Crippen molar-refractivity contribution in [3.8, 4) is 0 Å². The lowest BCUT2D eigenvalue weighted by Gasteiger charge is -2.17. The van der Waals surface area contributed by atoms with Crippen molar-refractivity contribution in [2.45, 2.75) is 51.6 Å². The van der Waals surface area contributed by atoms with E-state index in [4.69, 9.17) is 0 Å². The summed E-state index contributed by atoms with van der Waals surface area (Å²) in [5.74, 6) is 0.587. The fraction of sp³-hybridized carbons (Fsp3) is 0.818. The first-order chi connectivity index (χ1) is 5.70. The third-order valence-corrected chi connectivity index (χ3v) is 2.81. The van der Waals surface area contributed by atoms with Crippen LogP contribution in [-0.4, -0.2) is 11.2 Å². The molecule has 70 valence electrons. The Morgan fingerprint density at radius 1 is 1.50 bits per heavy atom. The van der Waals surface area contributed by atoms with Gasteiger partial charge in [-0.05, 0) is 38.5 Å². The van der Waals surface area contributed by atoms with Gasteiger partial charge in [0.25, 0.3) is 0 Å². The summed E-state index contributed by atoms with van der Waals surface area (Å²) in [5.41, 5.74) is 1.19. The Morgan fingerprint density at radius 2 is 2.08 bits per heavy atom. The molecule has 1 fully saturated rings. The van der Waals surface area contributed by atoms with Crippen molar-refractivity contribution in [3.63, 3.8) is 0 Å². The topological polar surface area (TPSA) is 20.2 Å². The summed E-state index contributed by atoms with van der Waals surface area (Å²) in [4.78, 5) is 0. The summed E-state index contributed by atoms with van der Waals surface area (Å²) in [6.45, 7) is 5.87. The number of hydrogen-bond acceptors (Lipinski definition) is 1. The molecule has 1 atom stereocenters. The van der Waals surface area contributed by atoms with Gasteiger partial charge < -0.3 is 5.11 Å². The maximum Gasteiger partial charge on any atom is 0.0571 e. The molecule has 0 spiro atoms. The van der Waals surface area contributed by atoms with Crippen molar-refractivity contribution in [2.75, 3.05) is 0 Å². The predicted molar refractivity (Wildman–Crippen MR) is 52.0 cm³/mol. The Balaban J connectivity index is 2.17. The molecule has 1 rings (SSSR count). The summed E-state index contributed by atoms with van der Waals surface area (Å²) < 4.78 is 0. The molecule has 0 aliphatic heterocycles. The van der Waals surface area contributed by atoms with Crippen LogP contribution in [0.2, 0.25) is 0 Å². The van der Waals surface area contributed by atoms with Crippen molar-refractivity contribution < 1.29 is 5.11 Å². The normalized spacial score (nSPS) is 21.2. The van der Waals surface area contributed by atoms with Gasteiger partial charge in [-0.15, -0.1) is 6.58 Å². The molecule has 1 aliphatic carbocycles. The summed E-state index contributed by atoms with van der Waals surface area (Å²) >= 11 is 0. The maximum atomic E-state index is 9.76. The van der Waals surface area contributed by atoms with E-state index in [1.54, 1.807) is 0 Å². The summed E-state index contributed by atoms with van der Waals surface area (Å²) in [7, 11) is 0. The van der Waals surface area contributed by atoms with E-state index in [2.05, 4.69) is 6.58 Å². The van der Waals surface area contributed by atoms with Gasteiger partial charge in [0, 0.05) is 0 Å². The third-order valence-electron chi connectivity index (χ3n) is 2.81. The lowest BCUT2D eigenvalue weighted by atomic mass is 9.96. The molecule has 1 unspecified atom stereocenters. The van der Waals surface area contributed by atoms with Crippen LogP contribution in [0.5, 0.6) is 0 Å². The van der Waals surface area contributed by atoms with Crippen molar-refractivity contribution in [1.82, 2.24) is 0 Å². The average molecular weight is 168 g/mol. The molecule has 0 amide bonds. The third kappa shape index (κ3) is 2.98. The Hall–Kier alpha value is -0.300. The van der Waals surface area contributed by atoms with Crippen LogP contribution in [0.4, 0.5) is 0 Å². The van der Waals surface area contributed by atoms with Crippen LogP contribution in [0, 0.1) is 5.92 Å². The van der Waals surface area contributed by atoms with Gasteiger partial charge in [-0.1, -0.05) is 18.4 Å². The van der Waals surface area contributed by atoms with Crippen molar-refractivity contribution in [3.05, 3.63) is 12.2 Å². The van der Waals surface area contributed by atoms with E-state index in [-0.39, 0.29) is 6.10 Å². The highest BCUT2D eigenvalue weighted by molar-refractivity contribution is 4.89. The first-order valence-corrected chi connectivity index (χ1v) is 5.02. The molecule has 0 saturated heterocycles. The highest BCUT2D eigenvalue weighted by Crippen LogP contribution is 2.29. The van der Waals surface area contributed by atoms with E-state index in [1.807, 2.05) is 6.92 Å². The van der Waals surface area contributed by atoms with E-state index in [0.29, 0.717) is 5.92 Å². The summed E-state index contributed by atoms with van der Waals surface area (Å²) in [5, 5.41) is 9.76. The van der Waals surface area contributed by atoms with E-state index in [9.17, 15) is 5.11 Å².